The van der Waals surface area contributed by atoms with Crippen LogP contribution >= 0.6 is 0 Å². The van der Waals surface area contributed by atoms with Crippen molar-refractivity contribution in [3.05, 3.63) is 48.0 Å². The molecule has 0 amide bonds. The van der Waals surface area contributed by atoms with Gasteiger partial charge in [-0.15, -0.1) is 0 Å². The van der Waals surface area contributed by atoms with Crippen molar-refractivity contribution >= 4 is 0 Å². The van der Waals surface area contributed by atoms with Crippen molar-refractivity contribution in [3.8, 4) is 0 Å². The molecule has 1 aliphatic rings. The summed E-state index contributed by atoms with van der Waals surface area (Å²) in [5.41, 5.74) is 7.43. The van der Waals surface area contributed by atoms with E-state index in [-0.39, 0.29) is 0 Å². The lowest BCUT2D eigenvalue weighted by Gasteiger charge is -2.25. The van der Waals surface area contributed by atoms with Gasteiger partial charge >= 0.3 is 0 Å². The van der Waals surface area contributed by atoms with E-state index in [9.17, 15) is 0 Å². The fraction of sp³-hybridized carbons (Fsp3) is 0.333. The molecule has 0 saturated carbocycles. The second-order valence-corrected chi connectivity index (χ2v) is 3.62. The number of hydrogen-bond donors (Lipinski definition) is 1. The molecule has 1 nitrogen and oxygen atoms in total. The number of rotatable bonds is 1. The van der Waals surface area contributed by atoms with Gasteiger partial charge in [0.25, 0.3) is 0 Å². The normalized spacial score (nSPS) is 27.5. The highest BCUT2D eigenvalue weighted by molar-refractivity contribution is 5.23. The van der Waals surface area contributed by atoms with E-state index in [0.717, 1.165) is 12.8 Å². The van der Waals surface area contributed by atoms with E-state index in [1.807, 2.05) is 6.07 Å². The molecule has 0 radical (unpaired) electrons. The van der Waals surface area contributed by atoms with Crippen molar-refractivity contribution in [1.29, 1.82) is 0 Å². The van der Waals surface area contributed by atoms with Crippen molar-refractivity contribution in [2.45, 2.75) is 24.8 Å². The zero-order valence-corrected chi connectivity index (χ0v) is 7.69. The first-order chi connectivity index (χ1) is 6.38. The number of allylic oxidation sites excluding steroid dienone is 1. The minimum atomic E-state index is 0.299. The molecule has 2 atom stereocenters. The SMILES string of the molecule is N[C@@H]1CC=CC[C@H]1c1ccccc1. The fourth-order valence-corrected chi connectivity index (χ4v) is 1.92. The summed E-state index contributed by atoms with van der Waals surface area (Å²) >= 11 is 0. The first-order valence-electron chi connectivity index (χ1n) is 4.83. The van der Waals surface area contributed by atoms with Gasteiger partial charge in [0.05, 0.1) is 0 Å². The van der Waals surface area contributed by atoms with Gasteiger partial charge in [-0.2, -0.15) is 0 Å². The lowest BCUT2D eigenvalue weighted by Crippen LogP contribution is -2.29. The van der Waals surface area contributed by atoms with Crippen molar-refractivity contribution in [2.24, 2.45) is 5.73 Å². The summed E-state index contributed by atoms with van der Waals surface area (Å²) in [5, 5.41) is 0. The van der Waals surface area contributed by atoms with Gasteiger partial charge in [0.15, 0.2) is 0 Å². The van der Waals surface area contributed by atoms with Crippen molar-refractivity contribution in [2.75, 3.05) is 0 Å². The summed E-state index contributed by atoms with van der Waals surface area (Å²) in [7, 11) is 0. The zero-order chi connectivity index (χ0) is 9.10. The Bertz CT molecular complexity index is 289. The Kier molecular flexibility index (Phi) is 2.46. The Labute approximate surface area is 79.3 Å². The molecule has 0 saturated heterocycles. The van der Waals surface area contributed by atoms with Crippen molar-refractivity contribution < 1.29 is 0 Å². The highest BCUT2D eigenvalue weighted by Gasteiger charge is 2.19. The summed E-state index contributed by atoms with van der Waals surface area (Å²) in [6.45, 7) is 0. The monoisotopic (exact) mass is 173 g/mol. The Morgan fingerprint density at radius 1 is 1.00 bits per heavy atom. The predicted molar refractivity (Wildman–Crippen MR) is 55.5 cm³/mol. The van der Waals surface area contributed by atoms with Gasteiger partial charge in [-0.1, -0.05) is 42.5 Å². The number of nitrogens with two attached hydrogens (primary N) is 1. The van der Waals surface area contributed by atoms with Gasteiger partial charge in [-0.25, -0.2) is 0 Å². The molecule has 13 heavy (non-hydrogen) atoms. The van der Waals surface area contributed by atoms with Crippen LogP contribution in [0.3, 0.4) is 0 Å². The Morgan fingerprint density at radius 2 is 1.69 bits per heavy atom. The Hall–Kier alpha value is -1.08. The van der Waals surface area contributed by atoms with Crippen LogP contribution < -0.4 is 5.73 Å². The van der Waals surface area contributed by atoms with Gasteiger partial charge in [0, 0.05) is 12.0 Å². The molecule has 1 aromatic carbocycles. The first kappa shape index (κ1) is 8.52. The molecule has 0 heterocycles. The molecule has 1 aliphatic carbocycles. The minimum absolute atomic E-state index is 0.299. The molecular formula is C12H15N. The van der Waals surface area contributed by atoms with Crippen LogP contribution in [0.15, 0.2) is 42.5 Å². The number of hydrogen-bond acceptors (Lipinski definition) is 1. The lowest BCUT2D eigenvalue weighted by atomic mass is 9.84. The predicted octanol–water partition coefficient (Wildman–Crippen LogP) is 2.45. The van der Waals surface area contributed by atoms with Crippen LogP contribution in [0.25, 0.3) is 0 Å². The van der Waals surface area contributed by atoms with E-state index in [1.165, 1.54) is 5.56 Å². The summed E-state index contributed by atoms with van der Waals surface area (Å²) < 4.78 is 0. The van der Waals surface area contributed by atoms with Crippen LogP contribution in [0.2, 0.25) is 0 Å². The quantitative estimate of drug-likeness (QED) is 0.648. The molecule has 68 valence electrons. The molecule has 2 rings (SSSR count). The molecule has 1 heteroatoms. The third-order valence-electron chi connectivity index (χ3n) is 2.71. The summed E-state index contributed by atoms with van der Waals surface area (Å²) in [6.07, 6.45) is 6.52. The summed E-state index contributed by atoms with van der Waals surface area (Å²) in [6, 6.07) is 10.9. The van der Waals surface area contributed by atoms with Crippen LogP contribution in [0.4, 0.5) is 0 Å². The highest BCUT2D eigenvalue weighted by Crippen LogP contribution is 2.27. The Morgan fingerprint density at radius 3 is 2.38 bits per heavy atom. The van der Waals surface area contributed by atoms with E-state index < -0.39 is 0 Å². The van der Waals surface area contributed by atoms with E-state index in [4.69, 9.17) is 5.73 Å². The van der Waals surface area contributed by atoms with Gasteiger partial charge in [0.2, 0.25) is 0 Å². The second kappa shape index (κ2) is 3.75. The van der Waals surface area contributed by atoms with Gasteiger partial charge in [-0.3, -0.25) is 0 Å². The van der Waals surface area contributed by atoms with Crippen LogP contribution in [-0.4, -0.2) is 6.04 Å². The average molecular weight is 173 g/mol. The van der Waals surface area contributed by atoms with E-state index in [0.29, 0.717) is 12.0 Å². The van der Waals surface area contributed by atoms with Crippen molar-refractivity contribution in [3.63, 3.8) is 0 Å². The third-order valence-corrected chi connectivity index (χ3v) is 2.71. The van der Waals surface area contributed by atoms with Gasteiger partial charge in [0.1, 0.15) is 0 Å². The highest BCUT2D eigenvalue weighted by atomic mass is 14.6. The minimum Gasteiger partial charge on any atom is -0.327 e. The van der Waals surface area contributed by atoms with Crippen LogP contribution in [-0.2, 0) is 0 Å². The molecule has 0 fully saturated rings. The molecule has 0 aliphatic heterocycles. The third kappa shape index (κ3) is 1.81. The van der Waals surface area contributed by atoms with E-state index in [1.54, 1.807) is 0 Å². The van der Waals surface area contributed by atoms with E-state index in [2.05, 4.69) is 36.4 Å². The zero-order valence-electron chi connectivity index (χ0n) is 7.69. The largest absolute Gasteiger partial charge is 0.327 e. The molecule has 0 aromatic heterocycles. The topological polar surface area (TPSA) is 26.0 Å². The standard InChI is InChI=1S/C12H15N/c13-12-9-5-4-8-11(12)10-6-2-1-3-7-10/h1-7,11-12H,8-9,13H2/t11-,12+/m0/s1. The second-order valence-electron chi connectivity index (χ2n) is 3.62. The maximum absolute atomic E-state index is 6.06. The molecule has 0 unspecified atom stereocenters. The van der Waals surface area contributed by atoms with Crippen LogP contribution in [0.1, 0.15) is 24.3 Å². The molecular weight excluding hydrogens is 158 g/mol. The molecule has 2 N–H and O–H groups in total. The van der Waals surface area contributed by atoms with Gasteiger partial charge < -0.3 is 5.73 Å². The summed E-state index contributed by atoms with van der Waals surface area (Å²) in [5.74, 6) is 0.520. The average Bonchev–Trinajstić information content (AvgIpc) is 2.20. The van der Waals surface area contributed by atoms with E-state index >= 15 is 0 Å². The molecule has 0 bridgehead atoms. The maximum atomic E-state index is 6.06. The molecule has 1 aromatic rings. The first-order valence-corrected chi connectivity index (χ1v) is 4.83. The Balaban J connectivity index is 2.21. The lowest BCUT2D eigenvalue weighted by molar-refractivity contribution is 0.521. The number of benzene rings is 1. The van der Waals surface area contributed by atoms with Crippen molar-refractivity contribution in [1.82, 2.24) is 0 Å². The van der Waals surface area contributed by atoms with Crippen LogP contribution in [0, 0.1) is 0 Å². The summed E-state index contributed by atoms with van der Waals surface area (Å²) in [4.78, 5) is 0. The molecule has 0 spiro atoms. The van der Waals surface area contributed by atoms with Crippen LogP contribution in [0.5, 0.6) is 0 Å². The smallest absolute Gasteiger partial charge is 0.0145 e. The fourth-order valence-electron chi connectivity index (χ4n) is 1.92. The maximum Gasteiger partial charge on any atom is 0.0145 e. The van der Waals surface area contributed by atoms with Gasteiger partial charge in [-0.05, 0) is 18.4 Å².